The average molecular weight is 488 g/mol. The first-order valence-electron chi connectivity index (χ1n) is 9.31. The van der Waals surface area contributed by atoms with Crippen molar-refractivity contribution in [2.75, 3.05) is 43.1 Å². The molecular weight excluding hydrogens is 469 g/mol. The van der Waals surface area contributed by atoms with E-state index in [1.165, 1.54) is 0 Å². The number of ether oxygens (including phenoxy) is 1. The van der Waals surface area contributed by atoms with Crippen LogP contribution in [0.5, 0.6) is 0 Å². The first-order valence-corrected chi connectivity index (χ1v) is 9.31. The molecule has 3 amide bonds. The lowest BCUT2D eigenvalue weighted by atomic mass is 10.1. The summed E-state index contributed by atoms with van der Waals surface area (Å²) in [5, 5.41) is 1.90. The van der Waals surface area contributed by atoms with Crippen molar-refractivity contribution in [2.24, 2.45) is 5.73 Å². The molecule has 3 N–H and O–H groups in total. The van der Waals surface area contributed by atoms with Gasteiger partial charge in [-0.3, -0.25) is 19.3 Å². The molecular formula is C18H19F7N4O4. The van der Waals surface area contributed by atoms with E-state index in [4.69, 9.17) is 10.5 Å². The monoisotopic (exact) mass is 488 g/mol. The number of nitrogens with zero attached hydrogens (tertiary/aromatic N) is 2. The van der Waals surface area contributed by atoms with E-state index in [1.807, 2.05) is 5.32 Å². The van der Waals surface area contributed by atoms with Crippen LogP contribution in [0, 0.1) is 0 Å². The van der Waals surface area contributed by atoms with E-state index in [0.717, 1.165) is 17.0 Å². The van der Waals surface area contributed by atoms with Crippen molar-refractivity contribution in [1.29, 1.82) is 0 Å². The van der Waals surface area contributed by atoms with Crippen LogP contribution in [0.1, 0.15) is 5.56 Å². The lowest BCUT2D eigenvalue weighted by molar-refractivity contribution is -0.138. The maximum absolute atomic E-state index is 13.6. The van der Waals surface area contributed by atoms with Crippen LogP contribution in [-0.2, 0) is 25.3 Å². The molecule has 15 heteroatoms. The Morgan fingerprint density at radius 1 is 1.15 bits per heavy atom. The minimum atomic E-state index is -4.98. The molecule has 0 aliphatic carbocycles. The highest BCUT2D eigenvalue weighted by Crippen LogP contribution is 2.38. The van der Waals surface area contributed by atoms with E-state index < -0.39 is 79.4 Å². The number of nitrogens with two attached hydrogens (primary N) is 1. The summed E-state index contributed by atoms with van der Waals surface area (Å²) in [6.07, 6.45) is -11.4. The Morgan fingerprint density at radius 3 is 2.24 bits per heavy atom. The van der Waals surface area contributed by atoms with Gasteiger partial charge in [0.1, 0.15) is 6.61 Å². The quantitative estimate of drug-likeness (QED) is 0.407. The molecule has 0 bridgehead atoms. The van der Waals surface area contributed by atoms with Crippen molar-refractivity contribution in [3.63, 3.8) is 0 Å². The molecule has 0 spiro atoms. The normalized spacial score (nSPS) is 15.9. The van der Waals surface area contributed by atoms with Crippen LogP contribution in [0.2, 0.25) is 0 Å². The summed E-state index contributed by atoms with van der Waals surface area (Å²) in [6.45, 7) is -3.41. The maximum Gasteiger partial charge on any atom is 0.418 e. The van der Waals surface area contributed by atoms with Gasteiger partial charge >= 0.3 is 6.18 Å². The summed E-state index contributed by atoms with van der Waals surface area (Å²) in [7, 11) is 0. The molecule has 1 fully saturated rings. The molecule has 33 heavy (non-hydrogen) atoms. The van der Waals surface area contributed by atoms with Crippen molar-refractivity contribution in [3.8, 4) is 0 Å². The zero-order valence-electron chi connectivity index (χ0n) is 16.8. The fourth-order valence-electron chi connectivity index (χ4n) is 3.17. The van der Waals surface area contributed by atoms with Gasteiger partial charge in [-0.25, -0.2) is 17.6 Å². The van der Waals surface area contributed by atoms with Gasteiger partial charge in [0.15, 0.2) is 6.04 Å². The molecule has 8 nitrogen and oxygen atoms in total. The highest BCUT2D eigenvalue weighted by Gasteiger charge is 2.38. The number of carbonyl (C=O) groups is 3. The molecule has 1 aromatic carbocycles. The molecule has 1 saturated heterocycles. The molecule has 0 saturated carbocycles. The molecule has 1 heterocycles. The summed E-state index contributed by atoms with van der Waals surface area (Å²) in [4.78, 5) is 37.0. The lowest BCUT2D eigenvalue weighted by Gasteiger charge is -2.30. The van der Waals surface area contributed by atoms with Gasteiger partial charge in [0.2, 0.25) is 5.91 Å². The van der Waals surface area contributed by atoms with Gasteiger partial charge in [0, 0.05) is 12.2 Å². The molecule has 0 radical (unpaired) electrons. The number of anilines is 2. The zero-order valence-corrected chi connectivity index (χ0v) is 16.8. The van der Waals surface area contributed by atoms with Crippen LogP contribution in [0.15, 0.2) is 18.2 Å². The molecule has 2 rings (SSSR count). The van der Waals surface area contributed by atoms with Gasteiger partial charge in [-0.15, -0.1) is 0 Å². The highest BCUT2D eigenvalue weighted by atomic mass is 19.4. The smallest absolute Gasteiger partial charge is 0.370 e. The van der Waals surface area contributed by atoms with Crippen LogP contribution in [0.4, 0.5) is 42.1 Å². The van der Waals surface area contributed by atoms with E-state index in [9.17, 15) is 45.1 Å². The summed E-state index contributed by atoms with van der Waals surface area (Å²) in [5.74, 6) is -3.76. The van der Waals surface area contributed by atoms with Gasteiger partial charge < -0.3 is 20.7 Å². The van der Waals surface area contributed by atoms with Crippen LogP contribution in [0.3, 0.4) is 0 Å². The predicted octanol–water partition coefficient (Wildman–Crippen LogP) is 1.69. The molecule has 1 atom stereocenters. The Labute approximate surface area is 182 Å². The minimum Gasteiger partial charge on any atom is -0.370 e. The fourth-order valence-corrected chi connectivity index (χ4v) is 3.17. The largest absolute Gasteiger partial charge is 0.418 e. The first-order chi connectivity index (χ1) is 15.3. The second-order valence-corrected chi connectivity index (χ2v) is 6.86. The fraction of sp³-hybridized carbons (Fsp3) is 0.500. The van der Waals surface area contributed by atoms with Gasteiger partial charge in [-0.05, 0) is 18.2 Å². The Hall–Kier alpha value is -2.94. The van der Waals surface area contributed by atoms with E-state index >= 15 is 0 Å². The Balaban J connectivity index is 2.36. The number of primary amides is 1. The number of morpholine rings is 1. The Kier molecular flexibility index (Phi) is 8.60. The SMILES string of the molecule is NC(=O)[C@@H](C(=O)Nc1ccc(N2CCOCC2=O)c(C(F)(F)F)c1)N(CC(F)F)CC(F)F. The number of amides is 3. The topological polar surface area (TPSA) is 105 Å². The summed E-state index contributed by atoms with van der Waals surface area (Å²) in [6, 6.07) is 0.00604. The van der Waals surface area contributed by atoms with Crippen LogP contribution < -0.4 is 16.0 Å². The number of halogens is 7. The molecule has 1 aliphatic heterocycles. The molecule has 1 aliphatic rings. The van der Waals surface area contributed by atoms with Crippen molar-refractivity contribution in [2.45, 2.75) is 25.1 Å². The molecule has 0 unspecified atom stereocenters. The van der Waals surface area contributed by atoms with Crippen molar-refractivity contribution < 1.29 is 49.9 Å². The van der Waals surface area contributed by atoms with Gasteiger partial charge in [0.25, 0.3) is 24.7 Å². The molecule has 0 aromatic heterocycles. The number of hydrogen-bond acceptors (Lipinski definition) is 5. The third-order valence-corrected chi connectivity index (χ3v) is 4.47. The third-order valence-electron chi connectivity index (χ3n) is 4.47. The summed E-state index contributed by atoms with van der Waals surface area (Å²) in [5.41, 5.74) is 2.65. The third kappa shape index (κ3) is 7.02. The number of hydrogen-bond donors (Lipinski definition) is 2. The second kappa shape index (κ2) is 10.8. The van der Waals surface area contributed by atoms with Gasteiger partial charge in [-0.1, -0.05) is 0 Å². The van der Waals surface area contributed by atoms with Crippen LogP contribution >= 0.6 is 0 Å². The summed E-state index contributed by atoms with van der Waals surface area (Å²) >= 11 is 0. The predicted molar refractivity (Wildman–Crippen MR) is 99.8 cm³/mol. The average Bonchev–Trinajstić information content (AvgIpc) is 2.66. The second-order valence-electron chi connectivity index (χ2n) is 6.86. The number of alkyl halides is 7. The maximum atomic E-state index is 13.6. The molecule has 1 aromatic rings. The Bertz CT molecular complexity index is 872. The zero-order chi connectivity index (χ0) is 24.9. The van der Waals surface area contributed by atoms with E-state index in [-0.39, 0.29) is 18.1 Å². The van der Waals surface area contributed by atoms with Gasteiger partial charge in [0.05, 0.1) is 30.9 Å². The number of nitrogens with one attached hydrogen (secondary N) is 1. The van der Waals surface area contributed by atoms with Crippen molar-refractivity contribution in [1.82, 2.24) is 4.90 Å². The van der Waals surface area contributed by atoms with Crippen LogP contribution in [0.25, 0.3) is 0 Å². The number of benzene rings is 1. The van der Waals surface area contributed by atoms with E-state index in [0.29, 0.717) is 6.07 Å². The first kappa shape index (κ1) is 26.3. The van der Waals surface area contributed by atoms with Gasteiger partial charge in [-0.2, -0.15) is 13.2 Å². The van der Waals surface area contributed by atoms with Crippen molar-refractivity contribution >= 4 is 29.1 Å². The minimum absolute atomic E-state index is 0.00801. The van der Waals surface area contributed by atoms with E-state index in [2.05, 4.69) is 0 Å². The highest BCUT2D eigenvalue weighted by molar-refractivity contribution is 6.09. The standard InChI is InChI=1S/C18H19F7N4O4/c19-12(20)6-28(7-13(21)22)15(16(26)31)17(32)27-9-1-2-11(10(5-9)18(23,24)25)29-3-4-33-8-14(29)30/h1-2,5,12-13,15H,3-4,6-8H2,(H2,26,31)(H,27,32)/t15-/m0/s1. The molecule has 184 valence electrons. The van der Waals surface area contributed by atoms with Crippen molar-refractivity contribution in [3.05, 3.63) is 23.8 Å². The van der Waals surface area contributed by atoms with E-state index in [1.54, 1.807) is 0 Å². The Morgan fingerprint density at radius 2 is 1.76 bits per heavy atom. The summed E-state index contributed by atoms with van der Waals surface area (Å²) < 4.78 is 96.7. The lowest BCUT2D eigenvalue weighted by Crippen LogP contribution is -2.54. The van der Waals surface area contributed by atoms with Crippen LogP contribution in [-0.4, -0.2) is 74.4 Å². The number of rotatable bonds is 9. The number of carbonyl (C=O) groups excluding carboxylic acids is 3.